The predicted molar refractivity (Wildman–Crippen MR) is 122 cm³/mol. The molecule has 34 heavy (non-hydrogen) atoms. The quantitative estimate of drug-likeness (QED) is 0.240. The van der Waals surface area contributed by atoms with Crippen molar-refractivity contribution in [3.63, 3.8) is 0 Å². The molecule has 0 aliphatic carbocycles. The minimum Gasteiger partial charge on any atom is -0.445 e. The molecular weight excluding hydrogens is 438 g/mol. The van der Waals surface area contributed by atoms with Gasteiger partial charge in [-0.1, -0.05) is 60.7 Å². The molecule has 0 aliphatic heterocycles. The van der Waals surface area contributed by atoms with Crippen LogP contribution in [0.4, 0.5) is 4.79 Å². The van der Waals surface area contributed by atoms with E-state index in [1.165, 1.54) is 12.5 Å². The van der Waals surface area contributed by atoms with Gasteiger partial charge in [0.25, 0.3) is 0 Å². The van der Waals surface area contributed by atoms with Crippen LogP contribution in [-0.2, 0) is 33.8 Å². The fourth-order valence-electron chi connectivity index (χ4n) is 3.17. The van der Waals surface area contributed by atoms with Crippen molar-refractivity contribution < 1.29 is 19.1 Å². The number of H-pyrrole nitrogens is 1. The van der Waals surface area contributed by atoms with E-state index in [4.69, 9.17) is 10.3 Å². The highest BCUT2D eigenvalue weighted by molar-refractivity contribution is 5.91. The van der Waals surface area contributed by atoms with Crippen LogP contribution in [-0.4, -0.2) is 40.0 Å². The van der Waals surface area contributed by atoms with E-state index in [1.807, 2.05) is 60.7 Å². The number of hydrogen-bond acceptors (Lipinski definition) is 5. The van der Waals surface area contributed by atoms with Gasteiger partial charge in [-0.25, -0.2) is 9.78 Å². The summed E-state index contributed by atoms with van der Waals surface area (Å²) in [7, 11) is 0. The lowest BCUT2D eigenvalue weighted by molar-refractivity contribution is -0.128. The molecule has 3 rings (SSSR count). The van der Waals surface area contributed by atoms with Gasteiger partial charge >= 0.3 is 6.09 Å². The molecule has 2 aromatic carbocycles. The summed E-state index contributed by atoms with van der Waals surface area (Å²) in [5.74, 6) is -1.50. The van der Waals surface area contributed by atoms with Gasteiger partial charge < -0.3 is 20.4 Å². The van der Waals surface area contributed by atoms with Crippen molar-refractivity contribution in [3.8, 4) is 0 Å². The van der Waals surface area contributed by atoms with E-state index in [-0.39, 0.29) is 19.4 Å². The van der Waals surface area contributed by atoms with Gasteiger partial charge in [-0.3, -0.25) is 9.59 Å². The van der Waals surface area contributed by atoms with Crippen LogP contribution < -0.4 is 10.6 Å². The summed E-state index contributed by atoms with van der Waals surface area (Å²) in [5.41, 5.74) is 10.8. The molecule has 3 amide bonds. The number of carbonyl (C=O) groups excluding carboxylic acids is 3. The van der Waals surface area contributed by atoms with E-state index in [0.717, 1.165) is 11.1 Å². The molecule has 0 fully saturated rings. The Morgan fingerprint density at radius 1 is 0.971 bits per heavy atom. The molecule has 0 aliphatic rings. The number of amides is 3. The number of imidazole rings is 1. The topological polar surface area (TPSA) is 162 Å². The Bertz CT molecular complexity index is 1130. The minimum atomic E-state index is -1.15. The van der Waals surface area contributed by atoms with Gasteiger partial charge in [0.2, 0.25) is 11.8 Å². The number of alkyl carbamates (subject to hydrolysis) is 1. The van der Waals surface area contributed by atoms with Crippen molar-refractivity contribution in [2.45, 2.75) is 31.5 Å². The SMILES string of the molecule is [N-]=[N+]=NC(=O)[C@H](Cc1cnc[nH]1)NC(=O)[C@H](Cc1ccccc1)NC(=O)OCc1ccccc1. The number of rotatable bonds is 10. The summed E-state index contributed by atoms with van der Waals surface area (Å²) in [5, 5.41) is 8.24. The van der Waals surface area contributed by atoms with Crippen molar-refractivity contribution in [1.29, 1.82) is 0 Å². The molecular formula is C23H23N7O4. The van der Waals surface area contributed by atoms with E-state index < -0.39 is 30.0 Å². The van der Waals surface area contributed by atoms with Crippen molar-refractivity contribution in [1.82, 2.24) is 20.6 Å². The Kier molecular flexibility index (Phi) is 8.77. The van der Waals surface area contributed by atoms with E-state index in [0.29, 0.717) is 5.69 Å². The number of aromatic nitrogens is 2. The predicted octanol–water partition coefficient (Wildman–Crippen LogP) is 2.81. The second kappa shape index (κ2) is 12.4. The van der Waals surface area contributed by atoms with Gasteiger partial charge in [0.1, 0.15) is 12.6 Å². The molecule has 0 saturated heterocycles. The zero-order chi connectivity index (χ0) is 24.2. The standard InChI is InChI=1S/C23H23N7O4/c24-30-29-22(32)20(12-18-13-25-15-26-18)27-21(31)19(11-16-7-3-1-4-8-16)28-23(33)34-14-17-9-5-2-6-10-17/h1-10,13,15,19-20H,11-12,14H2,(H,25,26)(H,27,31)(H,28,33)/t19-,20-/m0/s1. The molecule has 3 aromatic rings. The number of hydrogen-bond donors (Lipinski definition) is 3. The minimum absolute atomic E-state index is 0.0279. The Balaban J connectivity index is 1.72. The molecule has 11 nitrogen and oxygen atoms in total. The van der Waals surface area contributed by atoms with E-state index in [2.05, 4.69) is 30.6 Å². The lowest BCUT2D eigenvalue weighted by Crippen LogP contribution is -2.53. The van der Waals surface area contributed by atoms with Crippen molar-refractivity contribution in [3.05, 3.63) is 100 Å². The zero-order valence-corrected chi connectivity index (χ0v) is 18.1. The molecule has 1 heterocycles. The van der Waals surface area contributed by atoms with Crippen LogP contribution in [0.3, 0.4) is 0 Å². The molecule has 11 heteroatoms. The van der Waals surface area contributed by atoms with E-state index >= 15 is 0 Å². The molecule has 1 aromatic heterocycles. The molecule has 0 spiro atoms. The molecule has 2 atom stereocenters. The van der Waals surface area contributed by atoms with Crippen LogP contribution in [0, 0.1) is 0 Å². The number of azide groups is 1. The maximum absolute atomic E-state index is 13.1. The van der Waals surface area contributed by atoms with Gasteiger partial charge in [0, 0.05) is 29.6 Å². The molecule has 0 saturated carbocycles. The zero-order valence-electron chi connectivity index (χ0n) is 18.1. The number of ether oxygens (including phenoxy) is 1. The molecule has 174 valence electrons. The molecule has 0 radical (unpaired) electrons. The number of nitrogens with zero attached hydrogens (tertiary/aromatic N) is 4. The third kappa shape index (κ3) is 7.50. The lowest BCUT2D eigenvalue weighted by Gasteiger charge is -2.22. The van der Waals surface area contributed by atoms with Crippen LogP contribution in [0.1, 0.15) is 16.8 Å². The number of benzene rings is 2. The van der Waals surface area contributed by atoms with Gasteiger partial charge in [-0.15, -0.1) is 0 Å². The van der Waals surface area contributed by atoms with E-state index in [9.17, 15) is 14.4 Å². The normalized spacial score (nSPS) is 12.0. The smallest absolute Gasteiger partial charge is 0.408 e. The first-order chi connectivity index (χ1) is 16.5. The van der Waals surface area contributed by atoms with Crippen LogP contribution in [0.5, 0.6) is 0 Å². The second-order valence-corrected chi connectivity index (χ2v) is 7.32. The van der Waals surface area contributed by atoms with Crippen LogP contribution in [0.25, 0.3) is 10.4 Å². The monoisotopic (exact) mass is 461 g/mol. The largest absolute Gasteiger partial charge is 0.445 e. The summed E-state index contributed by atoms with van der Waals surface area (Å²) >= 11 is 0. The Morgan fingerprint density at radius 3 is 2.26 bits per heavy atom. The van der Waals surface area contributed by atoms with Crippen LogP contribution in [0.2, 0.25) is 0 Å². The van der Waals surface area contributed by atoms with Gasteiger partial charge in [0.05, 0.1) is 12.4 Å². The lowest BCUT2D eigenvalue weighted by atomic mass is 10.0. The Labute approximate surface area is 195 Å². The first-order valence-corrected chi connectivity index (χ1v) is 10.4. The molecule has 0 bridgehead atoms. The summed E-state index contributed by atoms with van der Waals surface area (Å²) in [6, 6.07) is 16.0. The summed E-state index contributed by atoms with van der Waals surface area (Å²) < 4.78 is 5.25. The third-order valence-corrected chi connectivity index (χ3v) is 4.84. The number of carbonyl (C=O) groups is 3. The third-order valence-electron chi connectivity index (χ3n) is 4.84. The maximum Gasteiger partial charge on any atom is 0.408 e. The average molecular weight is 461 g/mol. The Hall–Kier alpha value is -4.63. The van der Waals surface area contributed by atoms with Gasteiger partial charge in [-0.2, -0.15) is 0 Å². The summed E-state index contributed by atoms with van der Waals surface area (Å²) in [6.45, 7) is 0.0319. The maximum atomic E-state index is 13.1. The number of aromatic amines is 1. The average Bonchev–Trinajstić information content (AvgIpc) is 3.36. The second-order valence-electron chi connectivity index (χ2n) is 7.32. The van der Waals surface area contributed by atoms with Gasteiger partial charge in [0.15, 0.2) is 0 Å². The molecule has 0 unspecified atom stereocenters. The van der Waals surface area contributed by atoms with Crippen molar-refractivity contribution in [2.75, 3.05) is 0 Å². The van der Waals surface area contributed by atoms with Crippen LogP contribution >= 0.6 is 0 Å². The van der Waals surface area contributed by atoms with Crippen LogP contribution in [0.15, 0.2) is 78.3 Å². The highest BCUT2D eigenvalue weighted by atomic mass is 16.5. The van der Waals surface area contributed by atoms with Gasteiger partial charge in [-0.05, 0) is 21.8 Å². The fraction of sp³-hybridized carbons (Fsp3) is 0.217. The summed E-state index contributed by atoms with van der Waals surface area (Å²) in [4.78, 5) is 47.1. The highest BCUT2D eigenvalue weighted by Gasteiger charge is 2.27. The van der Waals surface area contributed by atoms with Crippen molar-refractivity contribution >= 4 is 17.9 Å². The first kappa shape index (κ1) is 24.0. The highest BCUT2D eigenvalue weighted by Crippen LogP contribution is 2.07. The number of nitrogens with one attached hydrogen (secondary N) is 3. The Morgan fingerprint density at radius 2 is 1.65 bits per heavy atom. The van der Waals surface area contributed by atoms with E-state index in [1.54, 1.807) is 0 Å². The fourth-order valence-corrected chi connectivity index (χ4v) is 3.17. The molecule has 3 N–H and O–H groups in total. The van der Waals surface area contributed by atoms with Crippen molar-refractivity contribution in [2.24, 2.45) is 5.11 Å². The first-order valence-electron chi connectivity index (χ1n) is 10.4. The summed E-state index contributed by atoms with van der Waals surface area (Å²) in [6.07, 6.45) is 2.31.